The number of anilines is 1. The van der Waals surface area contributed by atoms with Crippen LogP contribution in [0.3, 0.4) is 0 Å². The van der Waals surface area contributed by atoms with Crippen molar-refractivity contribution in [2.75, 3.05) is 18.1 Å². The zero-order valence-corrected chi connectivity index (χ0v) is 18.5. The maximum Gasteiger partial charge on any atom is 0.324 e. The summed E-state index contributed by atoms with van der Waals surface area (Å²) in [5.74, 6) is -3.04. The summed E-state index contributed by atoms with van der Waals surface area (Å²) in [6.07, 6.45) is 0.0750. The van der Waals surface area contributed by atoms with Crippen LogP contribution in [-0.4, -0.2) is 39.5 Å². The van der Waals surface area contributed by atoms with Crippen LogP contribution < -0.4 is 9.62 Å². The Labute approximate surface area is 186 Å². The maximum absolute atomic E-state index is 13.9. The van der Waals surface area contributed by atoms with Crippen molar-refractivity contribution in [1.82, 2.24) is 4.72 Å². The predicted molar refractivity (Wildman–Crippen MR) is 115 cm³/mol. The van der Waals surface area contributed by atoms with Crippen molar-refractivity contribution < 1.29 is 27.1 Å². The van der Waals surface area contributed by atoms with Gasteiger partial charge < -0.3 is 9.64 Å². The Morgan fingerprint density at radius 2 is 1.75 bits per heavy atom. The first-order valence-electron chi connectivity index (χ1n) is 9.83. The monoisotopic (exact) mass is 461 g/mol. The van der Waals surface area contributed by atoms with Crippen LogP contribution >= 0.6 is 0 Å². The molecule has 0 aliphatic rings. The van der Waals surface area contributed by atoms with Crippen molar-refractivity contribution in [2.24, 2.45) is 5.92 Å². The molecule has 1 atom stereocenters. The van der Waals surface area contributed by atoms with Gasteiger partial charge in [0.2, 0.25) is 10.0 Å². The Morgan fingerprint density at radius 1 is 1.12 bits per heavy atom. The number of carbonyl (C=O) groups is 2. The molecule has 0 spiro atoms. The molecule has 0 aliphatic heterocycles. The largest absolute Gasteiger partial charge is 0.454 e. The molecular weight excluding hydrogens is 437 g/mol. The third-order valence-corrected chi connectivity index (χ3v) is 5.96. The van der Waals surface area contributed by atoms with Crippen molar-refractivity contribution in [3.63, 3.8) is 0 Å². The van der Waals surface area contributed by atoms with E-state index >= 15 is 0 Å². The second kappa shape index (κ2) is 11.4. The minimum atomic E-state index is -4.35. The second-order valence-electron chi connectivity index (χ2n) is 7.17. The number of para-hydroxylation sites is 1. The van der Waals surface area contributed by atoms with E-state index in [1.165, 1.54) is 17.0 Å². The van der Waals surface area contributed by atoms with E-state index in [0.717, 1.165) is 12.1 Å². The lowest BCUT2D eigenvalue weighted by Crippen LogP contribution is -2.46. The van der Waals surface area contributed by atoms with E-state index in [1.807, 2.05) is 6.07 Å². The number of hydrogen-bond donors (Lipinski definition) is 1. The van der Waals surface area contributed by atoms with Crippen molar-refractivity contribution in [2.45, 2.75) is 31.2 Å². The Hall–Kier alpha value is -3.29. The van der Waals surface area contributed by atoms with Gasteiger partial charge >= 0.3 is 5.97 Å². The van der Waals surface area contributed by atoms with Gasteiger partial charge in [0, 0.05) is 12.2 Å². The fraction of sp³-hybridized carbons (Fsp3) is 0.318. The molecule has 0 heterocycles. The van der Waals surface area contributed by atoms with Gasteiger partial charge in [0.1, 0.15) is 16.8 Å². The summed E-state index contributed by atoms with van der Waals surface area (Å²) >= 11 is 0. The molecule has 1 unspecified atom stereocenters. The number of halogens is 1. The molecule has 0 saturated heterocycles. The number of nitriles is 1. The first-order valence-corrected chi connectivity index (χ1v) is 11.3. The fourth-order valence-electron chi connectivity index (χ4n) is 2.82. The molecule has 8 nitrogen and oxygen atoms in total. The number of benzene rings is 2. The summed E-state index contributed by atoms with van der Waals surface area (Å²) < 4.78 is 46.3. The van der Waals surface area contributed by atoms with Gasteiger partial charge in [0.05, 0.1) is 12.5 Å². The molecule has 0 aliphatic carbocycles. The highest BCUT2D eigenvalue weighted by molar-refractivity contribution is 7.89. The zero-order valence-electron chi connectivity index (χ0n) is 17.7. The van der Waals surface area contributed by atoms with Crippen LogP contribution in [0.2, 0.25) is 0 Å². The van der Waals surface area contributed by atoms with Gasteiger partial charge in [0.25, 0.3) is 5.91 Å². The van der Waals surface area contributed by atoms with Gasteiger partial charge in [-0.1, -0.05) is 44.2 Å². The van der Waals surface area contributed by atoms with E-state index < -0.39 is 51.2 Å². The molecular formula is C22H24FN3O5S. The molecule has 0 radical (unpaired) electrons. The number of rotatable bonds is 10. The summed E-state index contributed by atoms with van der Waals surface area (Å²) in [6, 6.07) is 14.0. The average molecular weight is 462 g/mol. The molecule has 2 aromatic carbocycles. The topological polar surface area (TPSA) is 117 Å². The second-order valence-corrected chi connectivity index (χ2v) is 8.85. The molecule has 2 aromatic rings. The Morgan fingerprint density at radius 3 is 2.34 bits per heavy atom. The molecule has 0 bridgehead atoms. The van der Waals surface area contributed by atoms with E-state index in [2.05, 4.69) is 4.72 Å². The number of esters is 1. The summed E-state index contributed by atoms with van der Waals surface area (Å²) in [7, 11) is -4.35. The zero-order chi connectivity index (χ0) is 23.7. The van der Waals surface area contributed by atoms with Crippen LogP contribution in [-0.2, 0) is 24.3 Å². The summed E-state index contributed by atoms with van der Waals surface area (Å²) in [6.45, 7) is 2.62. The van der Waals surface area contributed by atoms with Crippen LogP contribution in [0, 0.1) is 23.1 Å². The lowest BCUT2D eigenvalue weighted by atomic mass is 10.1. The quantitative estimate of drug-likeness (QED) is 0.544. The smallest absolute Gasteiger partial charge is 0.324 e. The van der Waals surface area contributed by atoms with E-state index in [-0.39, 0.29) is 13.0 Å². The van der Waals surface area contributed by atoms with E-state index in [1.54, 1.807) is 44.2 Å². The van der Waals surface area contributed by atoms with Crippen LogP contribution in [0.5, 0.6) is 0 Å². The average Bonchev–Trinajstić information content (AvgIpc) is 2.77. The lowest BCUT2D eigenvalue weighted by molar-refractivity contribution is -0.150. The first kappa shape index (κ1) is 25.0. The normalized spacial score (nSPS) is 12.1. The van der Waals surface area contributed by atoms with E-state index in [0.29, 0.717) is 5.69 Å². The van der Waals surface area contributed by atoms with Gasteiger partial charge in [-0.05, 0) is 30.2 Å². The molecule has 10 heteroatoms. The van der Waals surface area contributed by atoms with Gasteiger partial charge in [-0.3, -0.25) is 9.59 Å². The lowest BCUT2D eigenvalue weighted by Gasteiger charge is -2.24. The minimum absolute atomic E-state index is 0.0750. The van der Waals surface area contributed by atoms with Gasteiger partial charge in [-0.2, -0.15) is 9.98 Å². The third-order valence-electron chi connectivity index (χ3n) is 4.48. The number of nitrogens with zero attached hydrogens (tertiary/aromatic N) is 2. The number of hydrogen-bond acceptors (Lipinski definition) is 6. The number of sulfonamides is 1. The molecule has 170 valence electrons. The molecule has 1 N–H and O–H groups in total. The number of ether oxygens (including phenoxy) is 1. The Kier molecular flexibility index (Phi) is 8.87. The van der Waals surface area contributed by atoms with E-state index in [4.69, 9.17) is 10.00 Å². The SMILES string of the molecule is CC(C)C(NS(=O)(=O)c1ccccc1F)C(=O)OCC(=O)N(CCC#N)c1ccccc1. The summed E-state index contributed by atoms with van der Waals surface area (Å²) in [5.41, 5.74) is 0.532. The predicted octanol–water partition coefficient (Wildman–Crippen LogP) is 2.62. The standard InChI is InChI=1S/C22H24FN3O5S/c1-16(2)21(25-32(29,30)19-12-7-6-11-18(19)23)22(28)31-15-20(27)26(14-8-13-24)17-9-4-3-5-10-17/h3-7,9-12,16,21,25H,8,14-15H2,1-2H3. The highest BCUT2D eigenvalue weighted by atomic mass is 32.2. The number of carbonyl (C=O) groups excluding carboxylic acids is 2. The Balaban J connectivity index is 2.11. The van der Waals surface area contributed by atoms with Crippen molar-refractivity contribution in [3.05, 3.63) is 60.4 Å². The van der Waals surface area contributed by atoms with Gasteiger partial charge in [-0.15, -0.1) is 0 Å². The van der Waals surface area contributed by atoms with Crippen LogP contribution in [0.25, 0.3) is 0 Å². The summed E-state index contributed by atoms with van der Waals surface area (Å²) in [5, 5.41) is 8.85. The van der Waals surface area contributed by atoms with Crippen LogP contribution in [0.1, 0.15) is 20.3 Å². The maximum atomic E-state index is 13.9. The first-order chi connectivity index (χ1) is 15.2. The van der Waals surface area contributed by atoms with Crippen LogP contribution in [0.4, 0.5) is 10.1 Å². The molecule has 0 saturated carbocycles. The fourth-order valence-corrected chi connectivity index (χ4v) is 4.23. The number of amides is 1. The van der Waals surface area contributed by atoms with Crippen molar-refractivity contribution in [1.29, 1.82) is 5.26 Å². The van der Waals surface area contributed by atoms with Crippen LogP contribution in [0.15, 0.2) is 59.5 Å². The Bertz CT molecular complexity index is 1080. The summed E-state index contributed by atoms with van der Waals surface area (Å²) in [4.78, 5) is 26.0. The third kappa shape index (κ3) is 6.60. The highest BCUT2D eigenvalue weighted by Crippen LogP contribution is 2.17. The van der Waals surface area contributed by atoms with Gasteiger partial charge in [-0.25, -0.2) is 12.8 Å². The minimum Gasteiger partial charge on any atom is -0.454 e. The van der Waals surface area contributed by atoms with Gasteiger partial charge in [0.15, 0.2) is 6.61 Å². The van der Waals surface area contributed by atoms with Crippen molar-refractivity contribution in [3.8, 4) is 6.07 Å². The number of nitrogens with one attached hydrogen (secondary N) is 1. The molecule has 0 fully saturated rings. The molecule has 2 rings (SSSR count). The molecule has 1 amide bonds. The highest BCUT2D eigenvalue weighted by Gasteiger charge is 2.31. The molecule has 0 aromatic heterocycles. The van der Waals surface area contributed by atoms with E-state index in [9.17, 15) is 22.4 Å². The molecule has 32 heavy (non-hydrogen) atoms. The van der Waals surface area contributed by atoms with Crippen molar-refractivity contribution >= 4 is 27.6 Å².